The quantitative estimate of drug-likeness (QED) is 0.660. The van der Waals surface area contributed by atoms with Crippen LogP contribution in [-0.4, -0.2) is 31.4 Å². The van der Waals surface area contributed by atoms with E-state index in [1.54, 1.807) is 41.3 Å². The Bertz CT molecular complexity index is 1050. The summed E-state index contributed by atoms with van der Waals surface area (Å²) in [6.07, 6.45) is 0.171. The molecule has 1 amide bonds. The van der Waals surface area contributed by atoms with Crippen LogP contribution in [0, 0.1) is 0 Å². The van der Waals surface area contributed by atoms with Gasteiger partial charge in [-0.3, -0.25) is 9.59 Å². The van der Waals surface area contributed by atoms with E-state index in [1.165, 1.54) is 13.0 Å². The number of nitrogens with one attached hydrogen (secondary N) is 1. The summed E-state index contributed by atoms with van der Waals surface area (Å²) in [6, 6.07) is 10.5. The fourth-order valence-electron chi connectivity index (χ4n) is 3.61. The molecular weight excluding hydrogens is 460 g/mol. The van der Waals surface area contributed by atoms with Gasteiger partial charge in [-0.1, -0.05) is 28.1 Å². The first-order chi connectivity index (χ1) is 13.6. The predicted molar refractivity (Wildman–Crippen MR) is 112 cm³/mol. The number of benzene rings is 2. The van der Waals surface area contributed by atoms with Gasteiger partial charge in [0.1, 0.15) is 0 Å². The van der Waals surface area contributed by atoms with Gasteiger partial charge in [0.25, 0.3) is 0 Å². The Morgan fingerprint density at radius 3 is 2.48 bits per heavy atom. The van der Waals surface area contributed by atoms with E-state index in [0.29, 0.717) is 17.7 Å². The molecule has 9 heteroatoms. The molecule has 2 N–H and O–H groups in total. The van der Waals surface area contributed by atoms with E-state index in [9.17, 15) is 23.1 Å². The zero-order valence-electron chi connectivity index (χ0n) is 15.9. The van der Waals surface area contributed by atoms with Crippen molar-refractivity contribution in [3.63, 3.8) is 0 Å². The molecule has 3 rings (SSSR count). The molecule has 0 saturated heterocycles. The van der Waals surface area contributed by atoms with Crippen molar-refractivity contribution < 1.29 is 23.1 Å². The molecule has 154 valence electrons. The van der Waals surface area contributed by atoms with Gasteiger partial charge in [0.2, 0.25) is 15.9 Å². The maximum atomic E-state index is 13.0. The summed E-state index contributed by atoms with van der Waals surface area (Å²) in [5.74, 6) is -1.21. The smallest absolute Gasteiger partial charge is 0.305 e. The maximum Gasteiger partial charge on any atom is 0.305 e. The lowest BCUT2D eigenvalue weighted by molar-refractivity contribution is -0.137. The monoisotopic (exact) mass is 480 g/mol. The summed E-state index contributed by atoms with van der Waals surface area (Å²) in [5, 5.41) is 9.22. The lowest BCUT2D eigenvalue weighted by Gasteiger charge is -2.21. The number of nitrogens with zero attached hydrogens (tertiary/aromatic N) is 1. The van der Waals surface area contributed by atoms with Crippen LogP contribution in [0.4, 0.5) is 5.69 Å². The van der Waals surface area contributed by atoms with Crippen LogP contribution >= 0.6 is 15.9 Å². The van der Waals surface area contributed by atoms with E-state index < -0.39 is 22.0 Å². The molecule has 0 spiro atoms. The number of rotatable bonds is 6. The summed E-state index contributed by atoms with van der Waals surface area (Å²) < 4.78 is 29.2. The second-order valence-electron chi connectivity index (χ2n) is 7.06. The van der Waals surface area contributed by atoms with Crippen molar-refractivity contribution in [3.8, 4) is 0 Å². The minimum absolute atomic E-state index is 0.0429. The first-order valence-corrected chi connectivity index (χ1v) is 11.3. The number of hydrogen-bond donors (Lipinski definition) is 2. The molecule has 0 unspecified atom stereocenters. The molecular formula is C20H21BrN2O5S. The summed E-state index contributed by atoms with van der Waals surface area (Å²) in [7, 11) is -3.97. The van der Waals surface area contributed by atoms with Gasteiger partial charge in [-0.15, -0.1) is 0 Å². The number of carboxylic acid groups (broad SMARTS) is 1. The third-order valence-corrected chi connectivity index (χ3v) is 6.86. The van der Waals surface area contributed by atoms with Crippen molar-refractivity contribution in [1.29, 1.82) is 0 Å². The zero-order chi connectivity index (χ0) is 21.3. The second kappa shape index (κ2) is 8.25. The van der Waals surface area contributed by atoms with Crippen LogP contribution in [0.1, 0.15) is 37.4 Å². The van der Waals surface area contributed by atoms with Crippen molar-refractivity contribution in [3.05, 3.63) is 58.1 Å². The number of carbonyl (C=O) groups excluding carboxylic acids is 1. The van der Waals surface area contributed by atoms with Gasteiger partial charge in [-0.05, 0) is 54.8 Å². The van der Waals surface area contributed by atoms with Crippen LogP contribution in [-0.2, 0) is 26.0 Å². The van der Waals surface area contributed by atoms with E-state index >= 15 is 0 Å². The SMILES string of the molecule is CC(=O)N1c2ccc(S(=O)(=O)N[C@@H](CC(=O)O)c3ccc(Br)cc3)cc2C[C@@H]1C. The summed E-state index contributed by atoms with van der Waals surface area (Å²) in [5.41, 5.74) is 2.03. The summed E-state index contributed by atoms with van der Waals surface area (Å²) >= 11 is 3.31. The topological polar surface area (TPSA) is 104 Å². The third kappa shape index (κ3) is 4.68. The Kier molecular flexibility index (Phi) is 6.11. The van der Waals surface area contributed by atoms with Gasteiger partial charge >= 0.3 is 5.97 Å². The summed E-state index contributed by atoms with van der Waals surface area (Å²) in [6.45, 7) is 3.39. The zero-order valence-corrected chi connectivity index (χ0v) is 18.3. The summed E-state index contributed by atoms with van der Waals surface area (Å²) in [4.78, 5) is 24.8. The number of carboxylic acids is 1. The highest BCUT2D eigenvalue weighted by Gasteiger charge is 2.31. The first-order valence-electron chi connectivity index (χ1n) is 9.01. The van der Waals surface area contributed by atoms with E-state index in [2.05, 4.69) is 20.7 Å². The number of hydrogen-bond acceptors (Lipinski definition) is 4. The average molecular weight is 481 g/mol. The van der Waals surface area contributed by atoms with E-state index in [0.717, 1.165) is 10.0 Å². The van der Waals surface area contributed by atoms with Crippen LogP contribution in [0.3, 0.4) is 0 Å². The standard InChI is InChI=1S/C20H21BrN2O5S/c1-12-9-15-10-17(7-8-19(15)23(12)13(2)24)29(27,28)22-18(11-20(25)26)14-3-5-16(21)6-4-14/h3-8,10,12,18,22H,9,11H2,1-2H3,(H,25,26)/t12-,18-/m0/s1. The third-order valence-electron chi connectivity index (χ3n) is 4.86. The van der Waals surface area contributed by atoms with Crippen molar-refractivity contribution >= 4 is 43.5 Å². The van der Waals surface area contributed by atoms with Crippen molar-refractivity contribution in [2.24, 2.45) is 0 Å². The molecule has 2 aromatic carbocycles. The van der Waals surface area contributed by atoms with Gasteiger partial charge < -0.3 is 10.0 Å². The number of amides is 1. The van der Waals surface area contributed by atoms with E-state index in [-0.39, 0.29) is 23.3 Å². The number of anilines is 1. The highest BCUT2D eigenvalue weighted by Crippen LogP contribution is 2.34. The molecule has 7 nitrogen and oxygen atoms in total. The molecule has 1 heterocycles. The van der Waals surface area contributed by atoms with E-state index in [4.69, 9.17) is 0 Å². The molecule has 1 aliphatic heterocycles. The van der Waals surface area contributed by atoms with Gasteiger partial charge in [0.05, 0.1) is 17.4 Å². The molecule has 2 aromatic rings. The number of aliphatic carboxylic acids is 1. The number of halogens is 1. The largest absolute Gasteiger partial charge is 0.481 e. The highest BCUT2D eigenvalue weighted by molar-refractivity contribution is 9.10. The van der Waals surface area contributed by atoms with Crippen LogP contribution in [0.5, 0.6) is 0 Å². The average Bonchev–Trinajstić information content (AvgIpc) is 2.96. The number of carbonyl (C=O) groups is 2. The van der Waals surface area contributed by atoms with Gasteiger partial charge in [0, 0.05) is 23.1 Å². The van der Waals surface area contributed by atoms with Crippen molar-refractivity contribution in [1.82, 2.24) is 4.72 Å². The Balaban J connectivity index is 1.91. The number of sulfonamides is 1. The Morgan fingerprint density at radius 1 is 1.24 bits per heavy atom. The molecule has 0 aliphatic carbocycles. The van der Waals surface area contributed by atoms with Gasteiger partial charge in [0.15, 0.2) is 0 Å². The fraction of sp³-hybridized carbons (Fsp3) is 0.300. The van der Waals surface area contributed by atoms with E-state index in [1.807, 2.05) is 6.92 Å². The molecule has 1 aliphatic rings. The maximum absolute atomic E-state index is 13.0. The molecule has 0 saturated carbocycles. The first kappa shape index (κ1) is 21.5. The second-order valence-corrected chi connectivity index (χ2v) is 9.69. The minimum atomic E-state index is -3.97. The van der Waals surface area contributed by atoms with Gasteiger partial charge in [-0.2, -0.15) is 0 Å². The number of fused-ring (bicyclic) bond motifs is 1. The predicted octanol–water partition coefficient (Wildman–Crippen LogP) is 3.24. The molecule has 2 atom stereocenters. The molecule has 0 fully saturated rings. The van der Waals surface area contributed by atoms with Crippen LogP contribution < -0.4 is 9.62 Å². The normalized spacial score (nSPS) is 17.1. The lowest BCUT2D eigenvalue weighted by atomic mass is 10.1. The van der Waals surface area contributed by atoms with Crippen molar-refractivity contribution in [2.45, 2.75) is 43.7 Å². The Labute approximate surface area is 177 Å². The van der Waals surface area contributed by atoms with Gasteiger partial charge in [-0.25, -0.2) is 13.1 Å². The molecule has 0 bridgehead atoms. The fourth-order valence-corrected chi connectivity index (χ4v) is 5.15. The Hall–Kier alpha value is -2.23. The molecule has 29 heavy (non-hydrogen) atoms. The van der Waals surface area contributed by atoms with Crippen LogP contribution in [0.25, 0.3) is 0 Å². The van der Waals surface area contributed by atoms with Crippen molar-refractivity contribution in [2.75, 3.05) is 4.90 Å². The lowest BCUT2D eigenvalue weighted by Crippen LogP contribution is -2.33. The van der Waals surface area contributed by atoms with Crippen LogP contribution in [0.15, 0.2) is 51.8 Å². The molecule has 0 aromatic heterocycles. The highest BCUT2D eigenvalue weighted by atomic mass is 79.9. The molecule has 0 radical (unpaired) electrons. The minimum Gasteiger partial charge on any atom is -0.481 e. The van der Waals surface area contributed by atoms with Crippen LogP contribution in [0.2, 0.25) is 0 Å². The Morgan fingerprint density at radius 2 is 1.90 bits per heavy atom.